The molecular weight excluding hydrogens is 274 g/mol. The number of pyridine rings is 1. The summed E-state index contributed by atoms with van der Waals surface area (Å²) >= 11 is 0. The molecule has 1 atom stereocenters. The minimum Gasteiger partial charge on any atom is -0.481 e. The molecule has 21 heavy (non-hydrogen) atoms. The van der Waals surface area contributed by atoms with Gasteiger partial charge in [0, 0.05) is 12.7 Å². The van der Waals surface area contributed by atoms with Gasteiger partial charge in [0.05, 0.1) is 43.0 Å². The summed E-state index contributed by atoms with van der Waals surface area (Å²) in [6.45, 7) is 1.05. The Bertz CT molecular complexity index is 682. The Morgan fingerprint density at radius 2 is 2.29 bits per heavy atom. The SMILES string of the molecule is O=C(O)CC1COCCN1C(=O)c1cnn2ccccc12. The zero-order valence-electron chi connectivity index (χ0n) is 11.3. The van der Waals surface area contributed by atoms with Crippen LogP contribution in [-0.2, 0) is 9.53 Å². The van der Waals surface area contributed by atoms with E-state index < -0.39 is 12.0 Å². The van der Waals surface area contributed by atoms with Crippen molar-refractivity contribution in [3.8, 4) is 0 Å². The number of ether oxygens (including phenoxy) is 1. The third-order valence-corrected chi connectivity index (χ3v) is 3.56. The molecule has 1 fully saturated rings. The third kappa shape index (κ3) is 2.59. The van der Waals surface area contributed by atoms with Crippen LogP contribution in [0.2, 0.25) is 0 Å². The maximum Gasteiger partial charge on any atom is 0.305 e. The van der Waals surface area contributed by atoms with Gasteiger partial charge in [0.15, 0.2) is 0 Å². The van der Waals surface area contributed by atoms with E-state index in [0.717, 1.165) is 0 Å². The van der Waals surface area contributed by atoms with E-state index in [1.54, 1.807) is 15.6 Å². The number of amides is 1. The quantitative estimate of drug-likeness (QED) is 0.897. The molecule has 0 spiro atoms. The van der Waals surface area contributed by atoms with Gasteiger partial charge in [-0.1, -0.05) is 6.07 Å². The molecule has 0 bridgehead atoms. The molecule has 7 nitrogen and oxygen atoms in total. The fourth-order valence-corrected chi connectivity index (χ4v) is 2.55. The topological polar surface area (TPSA) is 84.1 Å². The molecular formula is C14H15N3O4. The Hall–Kier alpha value is -2.41. The Labute approximate surface area is 120 Å². The van der Waals surface area contributed by atoms with Crippen LogP contribution in [0.15, 0.2) is 30.6 Å². The average Bonchev–Trinajstić information content (AvgIpc) is 2.90. The lowest BCUT2D eigenvalue weighted by molar-refractivity contribution is -0.139. The molecule has 2 aromatic rings. The number of carboxylic acids is 1. The van der Waals surface area contributed by atoms with Crippen LogP contribution < -0.4 is 0 Å². The van der Waals surface area contributed by atoms with E-state index in [4.69, 9.17) is 9.84 Å². The number of nitrogens with zero attached hydrogens (tertiary/aromatic N) is 3. The van der Waals surface area contributed by atoms with E-state index in [1.165, 1.54) is 6.20 Å². The maximum absolute atomic E-state index is 12.7. The van der Waals surface area contributed by atoms with Crippen molar-refractivity contribution in [3.63, 3.8) is 0 Å². The molecule has 1 saturated heterocycles. The van der Waals surface area contributed by atoms with Crippen molar-refractivity contribution in [2.45, 2.75) is 12.5 Å². The van der Waals surface area contributed by atoms with Crippen molar-refractivity contribution < 1.29 is 19.4 Å². The summed E-state index contributed by atoms with van der Waals surface area (Å²) in [4.78, 5) is 25.2. The van der Waals surface area contributed by atoms with E-state index in [1.807, 2.05) is 18.2 Å². The van der Waals surface area contributed by atoms with Crippen molar-refractivity contribution in [2.24, 2.45) is 0 Å². The van der Waals surface area contributed by atoms with Crippen LogP contribution in [0.4, 0.5) is 0 Å². The van der Waals surface area contributed by atoms with Gasteiger partial charge in [-0.3, -0.25) is 9.59 Å². The highest BCUT2D eigenvalue weighted by molar-refractivity contribution is 6.01. The normalized spacial score (nSPS) is 18.9. The van der Waals surface area contributed by atoms with Crippen LogP contribution in [0, 0.1) is 0 Å². The van der Waals surface area contributed by atoms with Gasteiger partial charge in [-0.15, -0.1) is 0 Å². The number of hydrogen-bond donors (Lipinski definition) is 1. The second-order valence-corrected chi connectivity index (χ2v) is 4.91. The highest BCUT2D eigenvalue weighted by Gasteiger charge is 2.31. The number of morpholine rings is 1. The lowest BCUT2D eigenvalue weighted by atomic mass is 10.1. The van der Waals surface area contributed by atoms with E-state index in [9.17, 15) is 9.59 Å². The number of fused-ring (bicyclic) bond motifs is 1. The summed E-state index contributed by atoms with van der Waals surface area (Å²) in [7, 11) is 0. The second-order valence-electron chi connectivity index (χ2n) is 4.91. The number of rotatable bonds is 3. The number of aromatic nitrogens is 2. The zero-order valence-corrected chi connectivity index (χ0v) is 11.3. The molecule has 2 aromatic heterocycles. The molecule has 1 N–H and O–H groups in total. The fourth-order valence-electron chi connectivity index (χ4n) is 2.55. The number of hydrogen-bond acceptors (Lipinski definition) is 4. The van der Waals surface area contributed by atoms with Gasteiger partial charge in [-0.25, -0.2) is 4.52 Å². The molecule has 1 unspecified atom stereocenters. The summed E-state index contributed by atoms with van der Waals surface area (Å²) < 4.78 is 6.92. The van der Waals surface area contributed by atoms with Gasteiger partial charge in [0.25, 0.3) is 5.91 Å². The summed E-state index contributed by atoms with van der Waals surface area (Å²) in [5, 5.41) is 13.1. The lowest BCUT2D eigenvalue weighted by Crippen LogP contribution is -2.49. The van der Waals surface area contributed by atoms with Crippen LogP contribution in [0.5, 0.6) is 0 Å². The van der Waals surface area contributed by atoms with Crippen molar-refractivity contribution in [2.75, 3.05) is 19.8 Å². The molecule has 3 heterocycles. The average molecular weight is 289 g/mol. The molecule has 0 radical (unpaired) electrons. The predicted molar refractivity (Wildman–Crippen MR) is 73.1 cm³/mol. The third-order valence-electron chi connectivity index (χ3n) is 3.56. The molecule has 0 saturated carbocycles. The summed E-state index contributed by atoms with van der Waals surface area (Å²) in [6.07, 6.45) is 3.16. The number of carbonyl (C=O) groups excluding carboxylic acids is 1. The van der Waals surface area contributed by atoms with Gasteiger partial charge >= 0.3 is 5.97 Å². The lowest BCUT2D eigenvalue weighted by Gasteiger charge is -2.34. The predicted octanol–water partition coefficient (Wildman–Crippen LogP) is 0.650. The number of carbonyl (C=O) groups is 2. The molecule has 0 aromatic carbocycles. The molecule has 1 aliphatic heterocycles. The van der Waals surface area contributed by atoms with E-state index in [0.29, 0.717) is 24.2 Å². The molecule has 110 valence electrons. The first-order valence-corrected chi connectivity index (χ1v) is 6.69. The Morgan fingerprint density at radius 1 is 1.43 bits per heavy atom. The van der Waals surface area contributed by atoms with Gasteiger partial charge < -0.3 is 14.7 Å². The summed E-state index contributed by atoms with van der Waals surface area (Å²) in [6, 6.07) is 5.03. The monoisotopic (exact) mass is 289 g/mol. The van der Waals surface area contributed by atoms with Gasteiger partial charge in [-0.2, -0.15) is 5.10 Å². The Kier molecular flexibility index (Phi) is 3.57. The summed E-state index contributed by atoms with van der Waals surface area (Å²) in [5.74, 6) is -1.14. The first-order chi connectivity index (χ1) is 10.2. The second kappa shape index (κ2) is 5.53. The molecule has 3 rings (SSSR count). The van der Waals surface area contributed by atoms with Crippen LogP contribution in [0.1, 0.15) is 16.8 Å². The first-order valence-electron chi connectivity index (χ1n) is 6.69. The molecule has 1 amide bonds. The fraction of sp³-hybridized carbons (Fsp3) is 0.357. The molecule has 0 aliphatic carbocycles. The Morgan fingerprint density at radius 3 is 3.10 bits per heavy atom. The van der Waals surface area contributed by atoms with E-state index in [2.05, 4.69) is 5.10 Å². The number of aliphatic carboxylic acids is 1. The number of carboxylic acid groups (broad SMARTS) is 1. The van der Waals surface area contributed by atoms with Crippen molar-refractivity contribution in [3.05, 3.63) is 36.2 Å². The van der Waals surface area contributed by atoms with Gasteiger partial charge in [-0.05, 0) is 12.1 Å². The van der Waals surface area contributed by atoms with Crippen LogP contribution in [-0.4, -0.2) is 57.3 Å². The van der Waals surface area contributed by atoms with Crippen LogP contribution in [0.3, 0.4) is 0 Å². The minimum absolute atomic E-state index is 0.120. The zero-order chi connectivity index (χ0) is 14.8. The van der Waals surface area contributed by atoms with Crippen LogP contribution in [0.25, 0.3) is 5.52 Å². The summed E-state index contributed by atoms with van der Waals surface area (Å²) in [5.41, 5.74) is 1.19. The Balaban J connectivity index is 1.90. The molecule has 1 aliphatic rings. The standard InChI is InChI=1S/C14H15N3O4/c18-13(19)7-10-9-21-6-5-16(10)14(20)11-8-15-17-4-2-1-3-12(11)17/h1-4,8,10H,5-7,9H2,(H,18,19). The van der Waals surface area contributed by atoms with E-state index in [-0.39, 0.29) is 18.9 Å². The van der Waals surface area contributed by atoms with Crippen molar-refractivity contribution >= 4 is 17.4 Å². The van der Waals surface area contributed by atoms with Crippen LogP contribution >= 0.6 is 0 Å². The first kappa shape index (κ1) is 13.6. The smallest absolute Gasteiger partial charge is 0.305 e. The largest absolute Gasteiger partial charge is 0.481 e. The van der Waals surface area contributed by atoms with E-state index >= 15 is 0 Å². The van der Waals surface area contributed by atoms with Crippen molar-refractivity contribution in [1.82, 2.24) is 14.5 Å². The highest BCUT2D eigenvalue weighted by Crippen LogP contribution is 2.18. The highest BCUT2D eigenvalue weighted by atomic mass is 16.5. The van der Waals surface area contributed by atoms with Crippen molar-refractivity contribution in [1.29, 1.82) is 0 Å². The molecule has 7 heteroatoms. The van der Waals surface area contributed by atoms with Gasteiger partial charge in [0.1, 0.15) is 0 Å². The van der Waals surface area contributed by atoms with Gasteiger partial charge in [0.2, 0.25) is 0 Å². The maximum atomic E-state index is 12.7. The minimum atomic E-state index is -0.942.